The fourth-order valence-corrected chi connectivity index (χ4v) is 2.77. The van der Waals surface area contributed by atoms with Gasteiger partial charge in [-0.3, -0.25) is 4.57 Å². The highest BCUT2D eigenvalue weighted by atomic mass is 15.3. The standard InChI is InChI=1S/C12H23N5/c1-14-12-16-15-11(17(12)2)10(13)8-9-6-4-3-5-7-9/h9-10H,3-8,13H2,1-2H3,(H,14,16). The Labute approximate surface area is 103 Å². The van der Waals surface area contributed by atoms with E-state index in [0.717, 1.165) is 24.1 Å². The summed E-state index contributed by atoms with van der Waals surface area (Å²) in [6, 6.07) is 0.0118. The van der Waals surface area contributed by atoms with Gasteiger partial charge in [0.05, 0.1) is 6.04 Å². The summed E-state index contributed by atoms with van der Waals surface area (Å²) in [5.74, 6) is 2.44. The third kappa shape index (κ3) is 2.77. The lowest BCUT2D eigenvalue weighted by Crippen LogP contribution is -2.20. The van der Waals surface area contributed by atoms with Gasteiger partial charge in [-0.2, -0.15) is 0 Å². The highest BCUT2D eigenvalue weighted by Gasteiger charge is 2.21. The quantitative estimate of drug-likeness (QED) is 0.838. The Kier molecular flexibility index (Phi) is 3.99. The maximum atomic E-state index is 6.24. The lowest BCUT2D eigenvalue weighted by atomic mass is 9.85. The van der Waals surface area contributed by atoms with Gasteiger partial charge in [0.25, 0.3) is 0 Å². The van der Waals surface area contributed by atoms with Gasteiger partial charge >= 0.3 is 0 Å². The number of nitrogens with zero attached hydrogens (tertiary/aromatic N) is 3. The van der Waals surface area contributed by atoms with Gasteiger partial charge < -0.3 is 11.1 Å². The normalized spacial score (nSPS) is 19.2. The molecule has 5 heteroatoms. The molecular weight excluding hydrogens is 214 g/mol. The molecule has 1 heterocycles. The Hall–Kier alpha value is -1.10. The van der Waals surface area contributed by atoms with Crippen LogP contribution in [0, 0.1) is 5.92 Å². The molecule has 0 aromatic carbocycles. The zero-order chi connectivity index (χ0) is 12.3. The SMILES string of the molecule is CNc1nnc(C(N)CC2CCCCC2)n1C. The second-order valence-electron chi connectivity index (χ2n) is 5.04. The van der Waals surface area contributed by atoms with Crippen LogP contribution in [0.1, 0.15) is 50.4 Å². The molecule has 0 amide bonds. The van der Waals surface area contributed by atoms with Gasteiger partial charge in [-0.05, 0) is 12.3 Å². The first-order valence-electron chi connectivity index (χ1n) is 6.55. The average Bonchev–Trinajstić information content (AvgIpc) is 2.71. The van der Waals surface area contributed by atoms with Crippen LogP contribution in [0.2, 0.25) is 0 Å². The van der Waals surface area contributed by atoms with E-state index >= 15 is 0 Å². The molecule has 1 saturated carbocycles. The van der Waals surface area contributed by atoms with Crippen molar-refractivity contribution in [1.82, 2.24) is 14.8 Å². The molecule has 17 heavy (non-hydrogen) atoms. The van der Waals surface area contributed by atoms with E-state index in [9.17, 15) is 0 Å². The smallest absolute Gasteiger partial charge is 0.224 e. The van der Waals surface area contributed by atoms with Gasteiger partial charge in [0, 0.05) is 14.1 Å². The molecule has 1 aliphatic rings. The summed E-state index contributed by atoms with van der Waals surface area (Å²) in [5.41, 5.74) is 6.24. The van der Waals surface area contributed by atoms with Crippen molar-refractivity contribution in [3.05, 3.63) is 5.82 Å². The van der Waals surface area contributed by atoms with Crippen LogP contribution < -0.4 is 11.1 Å². The van der Waals surface area contributed by atoms with Crippen molar-refractivity contribution < 1.29 is 0 Å². The van der Waals surface area contributed by atoms with Crippen LogP contribution in [0.5, 0.6) is 0 Å². The molecule has 1 atom stereocenters. The molecule has 2 rings (SSSR count). The van der Waals surface area contributed by atoms with Crippen LogP contribution in [0.3, 0.4) is 0 Å². The van der Waals surface area contributed by atoms with Crippen molar-refractivity contribution in [1.29, 1.82) is 0 Å². The second-order valence-corrected chi connectivity index (χ2v) is 5.04. The maximum absolute atomic E-state index is 6.24. The van der Waals surface area contributed by atoms with Crippen molar-refractivity contribution in [3.8, 4) is 0 Å². The van der Waals surface area contributed by atoms with Crippen LogP contribution in [0.25, 0.3) is 0 Å². The van der Waals surface area contributed by atoms with E-state index in [0.29, 0.717) is 0 Å². The van der Waals surface area contributed by atoms with Gasteiger partial charge in [0.2, 0.25) is 5.95 Å². The van der Waals surface area contributed by atoms with Gasteiger partial charge in [-0.1, -0.05) is 32.1 Å². The van der Waals surface area contributed by atoms with Crippen LogP contribution in [0.4, 0.5) is 5.95 Å². The number of anilines is 1. The highest BCUT2D eigenvalue weighted by molar-refractivity contribution is 5.24. The predicted molar refractivity (Wildman–Crippen MR) is 68.7 cm³/mol. The summed E-state index contributed by atoms with van der Waals surface area (Å²) in [4.78, 5) is 0. The molecule has 1 unspecified atom stereocenters. The molecule has 1 aromatic rings. The molecule has 5 nitrogen and oxygen atoms in total. The van der Waals surface area contributed by atoms with Crippen LogP contribution in [-0.2, 0) is 7.05 Å². The Morgan fingerprint density at radius 1 is 1.35 bits per heavy atom. The molecular formula is C12H23N5. The fraction of sp³-hybridized carbons (Fsp3) is 0.833. The highest BCUT2D eigenvalue weighted by Crippen LogP contribution is 2.30. The van der Waals surface area contributed by atoms with Crippen LogP contribution in [0.15, 0.2) is 0 Å². The van der Waals surface area contributed by atoms with E-state index in [2.05, 4.69) is 15.5 Å². The summed E-state index contributed by atoms with van der Waals surface area (Å²) in [7, 11) is 3.81. The van der Waals surface area contributed by atoms with Crippen LogP contribution >= 0.6 is 0 Å². The van der Waals surface area contributed by atoms with E-state index in [4.69, 9.17) is 5.73 Å². The number of rotatable bonds is 4. The number of aromatic nitrogens is 3. The summed E-state index contributed by atoms with van der Waals surface area (Å²) in [5, 5.41) is 11.3. The molecule has 0 aliphatic heterocycles. The largest absolute Gasteiger partial charge is 0.357 e. The molecule has 0 saturated heterocycles. The summed E-state index contributed by atoms with van der Waals surface area (Å²) in [6.07, 6.45) is 7.79. The van der Waals surface area contributed by atoms with Crippen molar-refractivity contribution in [2.75, 3.05) is 12.4 Å². The molecule has 1 aromatic heterocycles. The van der Waals surface area contributed by atoms with E-state index in [1.807, 2.05) is 18.7 Å². The second kappa shape index (κ2) is 5.49. The third-order valence-electron chi connectivity index (χ3n) is 3.78. The summed E-state index contributed by atoms with van der Waals surface area (Å²) < 4.78 is 1.95. The third-order valence-corrected chi connectivity index (χ3v) is 3.78. The first kappa shape index (κ1) is 12.4. The monoisotopic (exact) mass is 237 g/mol. The van der Waals surface area contributed by atoms with E-state index in [1.165, 1.54) is 32.1 Å². The summed E-state index contributed by atoms with van der Waals surface area (Å²) in [6.45, 7) is 0. The van der Waals surface area contributed by atoms with Gasteiger partial charge in [0.15, 0.2) is 5.82 Å². The Bertz CT molecular complexity index is 354. The Balaban J connectivity index is 1.98. The lowest BCUT2D eigenvalue weighted by Gasteiger charge is -2.24. The molecule has 1 aliphatic carbocycles. The van der Waals surface area contributed by atoms with E-state index in [-0.39, 0.29) is 6.04 Å². The molecule has 0 spiro atoms. The topological polar surface area (TPSA) is 68.8 Å². The zero-order valence-electron chi connectivity index (χ0n) is 10.8. The first-order chi connectivity index (χ1) is 8.22. The van der Waals surface area contributed by atoms with Gasteiger partial charge in [0.1, 0.15) is 0 Å². The van der Waals surface area contributed by atoms with Gasteiger partial charge in [-0.15, -0.1) is 10.2 Å². The minimum atomic E-state index is 0.0118. The molecule has 0 radical (unpaired) electrons. The van der Waals surface area contributed by atoms with Crippen molar-refractivity contribution in [3.63, 3.8) is 0 Å². The number of hydrogen-bond acceptors (Lipinski definition) is 4. The minimum absolute atomic E-state index is 0.0118. The van der Waals surface area contributed by atoms with Gasteiger partial charge in [-0.25, -0.2) is 0 Å². The first-order valence-corrected chi connectivity index (χ1v) is 6.55. The van der Waals surface area contributed by atoms with Crippen LogP contribution in [-0.4, -0.2) is 21.8 Å². The Morgan fingerprint density at radius 3 is 2.65 bits per heavy atom. The fourth-order valence-electron chi connectivity index (χ4n) is 2.77. The molecule has 1 fully saturated rings. The summed E-state index contributed by atoms with van der Waals surface area (Å²) >= 11 is 0. The lowest BCUT2D eigenvalue weighted by molar-refractivity contribution is 0.314. The molecule has 3 N–H and O–H groups in total. The number of nitrogens with two attached hydrogens (primary N) is 1. The maximum Gasteiger partial charge on any atom is 0.224 e. The average molecular weight is 237 g/mol. The number of nitrogens with one attached hydrogen (secondary N) is 1. The van der Waals surface area contributed by atoms with Crippen molar-refractivity contribution in [2.45, 2.75) is 44.6 Å². The van der Waals surface area contributed by atoms with E-state index in [1.54, 1.807) is 0 Å². The van der Waals surface area contributed by atoms with Crippen molar-refractivity contribution in [2.24, 2.45) is 18.7 Å². The Morgan fingerprint density at radius 2 is 2.06 bits per heavy atom. The molecule has 0 bridgehead atoms. The van der Waals surface area contributed by atoms with Crippen molar-refractivity contribution >= 4 is 5.95 Å². The predicted octanol–water partition coefficient (Wildman–Crippen LogP) is 1.83. The number of hydrogen-bond donors (Lipinski definition) is 2. The molecule has 96 valence electrons. The zero-order valence-corrected chi connectivity index (χ0v) is 10.8. The van der Waals surface area contributed by atoms with E-state index < -0.39 is 0 Å². The minimum Gasteiger partial charge on any atom is -0.357 e.